The molecule has 0 aliphatic carbocycles. The van der Waals surface area contributed by atoms with E-state index >= 15 is 0 Å². The number of aliphatic hydroxyl groups is 7. The molecule has 46 heavy (non-hydrogen) atoms. The average molecular weight is 655 g/mol. The zero-order valence-corrected chi connectivity index (χ0v) is 24.1. The van der Waals surface area contributed by atoms with Crippen molar-refractivity contribution in [1.82, 2.24) is 0 Å². The summed E-state index contributed by atoms with van der Waals surface area (Å²) in [6.45, 7) is 0.332. The number of rotatable bonds is 9. The Morgan fingerprint density at radius 1 is 0.783 bits per heavy atom. The summed E-state index contributed by atoms with van der Waals surface area (Å²) in [5.74, 6) is -2.73. The van der Waals surface area contributed by atoms with Crippen LogP contribution in [-0.4, -0.2) is 132 Å². The summed E-state index contributed by atoms with van der Waals surface area (Å²) in [6, 6.07) is 5.72. The third-order valence-electron chi connectivity index (χ3n) is 7.64. The highest BCUT2D eigenvalue weighted by atomic mass is 16.7. The Morgan fingerprint density at radius 2 is 1.48 bits per heavy atom. The van der Waals surface area contributed by atoms with Gasteiger partial charge in [-0.3, -0.25) is 4.79 Å². The van der Waals surface area contributed by atoms with Gasteiger partial charge in [0, 0.05) is 17.7 Å². The number of hydrogen-bond donors (Lipinski definition) is 10. The van der Waals surface area contributed by atoms with E-state index in [1.54, 1.807) is 0 Å². The molecule has 10 N–H and O–H groups in total. The topological polar surface area (TPSA) is 279 Å². The van der Waals surface area contributed by atoms with Crippen molar-refractivity contribution in [3.05, 3.63) is 40.6 Å². The maximum Gasteiger partial charge on any atom is 0.239 e. The van der Waals surface area contributed by atoms with Gasteiger partial charge < -0.3 is 79.2 Å². The van der Waals surface area contributed by atoms with Gasteiger partial charge >= 0.3 is 0 Å². The van der Waals surface area contributed by atoms with Gasteiger partial charge in [-0.2, -0.15) is 0 Å². The van der Waals surface area contributed by atoms with Gasteiger partial charge in [0.25, 0.3) is 0 Å². The summed E-state index contributed by atoms with van der Waals surface area (Å²) in [5.41, 5.74) is -1.23. The number of ether oxygens (including phenoxy) is 5. The molecule has 0 spiro atoms. The fraction of sp³-hybridized carbons (Fsp3) is 0.483. The quantitative estimate of drug-likeness (QED) is 0.111. The lowest BCUT2D eigenvalue weighted by Gasteiger charge is -2.42. The van der Waals surface area contributed by atoms with Crippen LogP contribution >= 0.6 is 0 Å². The van der Waals surface area contributed by atoms with Crippen molar-refractivity contribution in [2.45, 2.75) is 68.3 Å². The van der Waals surface area contributed by atoms with Gasteiger partial charge in [-0.15, -0.1) is 0 Å². The highest BCUT2D eigenvalue weighted by Gasteiger charge is 2.48. The minimum atomic E-state index is -1.97. The monoisotopic (exact) mass is 654 g/mol. The predicted molar refractivity (Wildman–Crippen MR) is 151 cm³/mol. The normalized spacial score (nSPS) is 31.6. The maximum atomic E-state index is 13.8. The summed E-state index contributed by atoms with van der Waals surface area (Å²) in [7, 11) is 0. The number of aliphatic hydroxyl groups excluding tert-OH is 7. The van der Waals surface area contributed by atoms with E-state index in [-0.39, 0.29) is 35.9 Å². The van der Waals surface area contributed by atoms with Crippen molar-refractivity contribution in [2.75, 3.05) is 19.8 Å². The SMILES string of the molecule is C[C@@H]1OC(OC[C@H]2OC(Oc3c(-c4ccc(O)c(O)c4)oc4cc(OCCO)cc(O)c4c3=O)[C@H](O)[C@@H](O)[C@@H]2O)[C@H](O)[C@H](O)[C@H]1O. The molecule has 1 aromatic heterocycles. The third-order valence-corrected chi connectivity index (χ3v) is 7.64. The lowest BCUT2D eigenvalue weighted by atomic mass is 9.98. The lowest BCUT2D eigenvalue weighted by Crippen LogP contribution is -2.61. The molecule has 0 amide bonds. The largest absolute Gasteiger partial charge is 0.507 e. The third kappa shape index (κ3) is 6.42. The summed E-state index contributed by atoms with van der Waals surface area (Å²) in [5, 5.41) is 101. The van der Waals surface area contributed by atoms with Crippen LogP contribution in [0.4, 0.5) is 0 Å². The van der Waals surface area contributed by atoms with E-state index in [4.69, 9.17) is 33.2 Å². The summed E-state index contributed by atoms with van der Waals surface area (Å²) < 4.78 is 33.4. The van der Waals surface area contributed by atoms with Crippen LogP contribution in [0, 0.1) is 0 Å². The molecular weight excluding hydrogens is 620 g/mol. The van der Waals surface area contributed by atoms with Crippen molar-refractivity contribution in [3.63, 3.8) is 0 Å². The molecule has 2 unspecified atom stereocenters. The minimum Gasteiger partial charge on any atom is -0.507 e. The smallest absolute Gasteiger partial charge is 0.239 e. The summed E-state index contributed by atoms with van der Waals surface area (Å²) >= 11 is 0. The van der Waals surface area contributed by atoms with Crippen LogP contribution in [0.25, 0.3) is 22.3 Å². The van der Waals surface area contributed by atoms with Crippen LogP contribution in [0.1, 0.15) is 6.92 Å². The summed E-state index contributed by atoms with van der Waals surface area (Å²) in [6.07, 6.45) is -16.2. The molecule has 252 valence electrons. The van der Waals surface area contributed by atoms with Crippen LogP contribution in [0.2, 0.25) is 0 Å². The highest BCUT2D eigenvalue weighted by Crippen LogP contribution is 2.39. The maximum absolute atomic E-state index is 13.8. The molecule has 17 nitrogen and oxygen atoms in total. The second kappa shape index (κ2) is 13.5. The Hall–Kier alpha value is -3.75. The number of benzene rings is 2. The molecule has 17 heteroatoms. The van der Waals surface area contributed by atoms with Gasteiger partial charge in [0.05, 0.1) is 19.3 Å². The van der Waals surface area contributed by atoms with Crippen molar-refractivity contribution in [2.24, 2.45) is 0 Å². The van der Waals surface area contributed by atoms with E-state index in [0.29, 0.717) is 0 Å². The van der Waals surface area contributed by atoms with Crippen molar-refractivity contribution >= 4 is 11.0 Å². The Morgan fingerprint density at radius 3 is 2.17 bits per heavy atom. The molecule has 5 rings (SSSR count). The Kier molecular flexibility index (Phi) is 9.89. The molecule has 2 fully saturated rings. The van der Waals surface area contributed by atoms with Gasteiger partial charge in [-0.25, -0.2) is 0 Å². The van der Waals surface area contributed by atoms with Crippen LogP contribution in [0.3, 0.4) is 0 Å². The second-order valence-electron chi connectivity index (χ2n) is 10.8. The molecule has 0 saturated carbocycles. The number of aromatic hydroxyl groups is 3. The predicted octanol–water partition coefficient (Wildman–Crippen LogP) is -2.02. The summed E-state index contributed by atoms with van der Waals surface area (Å²) in [4.78, 5) is 13.8. The number of fused-ring (bicyclic) bond motifs is 1. The van der Waals surface area contributed by atoms with Crippen LogP contribution in [0.15, 0.2) is 39.5 Å². The van der Waals surface area contributed by atoms with Crippen molar-refractivity contribution < 1.29 is 79.2 Å². The lowest BCUT2D eigenvalue weighted by molar-refractivity contribution is -0.318. The molecule has 3 heterocycles. The van der Waals surface area contributed by atoms with E-state index in [1.807, 2.05) is 0 Å². The van der Waals surface area contributed by atoms with Gasteiger partial charge in [0.1, 0.15) is 71.8 Å². The first kappa shape index (κ1) is 33.6. The first-order valence-electron chi connectivity index (χ1n) is 14.1. The fourth-order valence-electron chi connectivity index (χ4n) is 5.07. The van der Waals surface area contributed by atoms with Gasteiger partial charge in [-0.05, 0) is 25.1 Å². The number of hydrogen-bond acceptors (Lipinski definition) is 17. The number of phenols is 3. The van der Waals surface area contributed by atoms with Crippen LogP contribution in [0.5, 0.6) is 28.7 Å². The molecule has 2 saturated heterocycles. The Bertz CT molecular complexity index is 1590. The van der Waals surface area contributed by atoms with Crippen LogP contribution < -0.4 is 14.9 Å². The zero-order valence-electron chi connectivity index (χ0n) is 24.1. The first-order chi connectivity index (χ1) is 21.8. The first-order valence-corrected chi connectivity index (χ1v) is 14.1. The average Bonchev–Trinajstić information content (AvgIpc) is 3.02. The zero-order chi connectivity index (χ0) is 33.4. The van der Waals surface area contributed by atoms with Gasteiger partial charge in [0.15, 0.2) is 23.5 Å². The molecule has 2 aromatic carbocycles. The van der Waals surface area contributed by atoms with Gasteiger partial charge in [0.2, 0.25) is 17.5 Å². The highest BCUT2D eigenvalue weighted by molar-refractivity contribution is 5.88. The number of phenolic OH excluding ortho intramolecular Hbond substituents is 3. The Balaban J connectivity index is 1.49. The van der Waals surface area contributed by atoms with E-state index in [2.05, 4.69) is 0 Å². The minimum absolute atomic E-state index is 0.0189. The molecule has 0 bridgehead atoms. The van der Waals surface area contributed by atoms with Crippen LogP contribution in [-0.2, 0) is 14.2 Å². The molecular formula is C29H34O17. The molecule has 10 atom stereocenters. The molecule has 3 aromatic rings. The fourth-order valence-corrected chi connectivity index (χ4v) is 5.07. The molecule has 0 radical (unpaired) electrons. The van der Waals surface area contributed by atoms with Crippen molar-refractivity contribution in [3.8, 4) is 40.1 Å². The van der Waals surface area contributed by atoms with E-state index in [1.165, 1.54) is 19.1 Å². The van der Waals surface area contributed by atoms with E-state index in [0.717, 1.165) is 18.2 Å². The second-order valence-corrected chi connectivity index (χ2v) is 10.8. The molecule has 2 aliphatic rings. The Labute approximate surface area is 259 Å². The van der Waals surface area contributed by atoms with E-state index in [9.17, 15) is 50.8 Å². The standard InChI is InChI=1S/C29H34O17/c1-10-19(34)22(37)24(39)28(43-10)42-9-17-20(35)23(38)25(40)29(45-17)46-27-21(36)18-15(33)7-12(41-5-4-30)8-16(18)44-26(27)11-2-3-13(31)14(32)6-11/h2-3,6-8,10,17,19-20,22-25,28-35,37-40H,4-5,9H2,1H3/t10-,17+,19-,20+,22+,23-,24+,25+,28?,29?/m0/s1. The van der Waals surface area contributed by atoms with E-state index < -0.39 is 102 Å². The van der Waals surface area contributed by atoms with Crippen molar-refractivity contribution in [1.29, 1.82) is 0 Å². The van der Waals surface area contributed by atoms with Gasteiger partial charge in [-0.1, -0.05) is 0 Å². The molecule has 2 aliphatic heterocycles.